The zero-order valence-electron chi connectivity index (χ0n) is 19.8. The van der Waals surface area contributed by atoms with Crippen molar-refractivity contribution in [3.05, 3.63) is 63.1 Å². The summed E-state index contributed by atoms with van der Waals surface area (Å²) in [4.78, 5) is 14.7. The van der Waals surface area contributed by atoms with Gasteiger partial charge in [0.05, 0.1) is 6.61 Å². The Morgan fingerprint density at radius 2 is 1.79 bits per heavy atom. The van der Waals surface area contributed by atoms with Crippen LogP contribution in [-0.2, 0) is 10.2 Å². The Morgan fingerprint density at radius 3 is 2.45 bits per heavy atom. The summed E-state index contributed by atoms with van der Waals surface area (Å²) in [6, 6.07) is 12.0. The second kappa shape index (κ2) is 9.82. The van der Waals surface area contributed by atoms with Crippen molar-refractivity contribution in [1.82, 2.24) is 4.90 Å². The van der Waals surface area contributed by atoms with Gasteiger partial charge in [-0.05, 0) is 55.1 Å². The molecule has 2 aromatic rings. The number of hydrogen-bond acceptors (Lipinski definition) is 3. The molecule has 3 nitrogen and oxygen atoms in total. The normalized spacial score (nSPS) is 18.0. The number of hydrogen-bond donors (Lipinski definition) is 0. The van der Waals surface area contributed by atoms with Crippen LogP contribution in [0.25, 0.3) is 12.2 Å². The van der Waals surface area contributed by atoms with E-state index in [0.29, 0.717) is 28.7 Å². The Bertz CT molecular complexity index is 1030. The number of Topliss-reactive ketones (excluding diaryl/α,β-unsaturated/α-hetero) is 1. The SMILES string of the molecule is CC(C)(C)CC(=O)CCN1CCC2(CC1)COc1cc(/C=C/c3c(Cl)cccc3Cl)ccc12. The Hall–Kier alpha value is -1.81. The zero-order valence-corrected chi connectivity index (χ0v) is 21.3. The summed E-state index contributed by atoms with van der Waals surface area (Å²) in [5, 5.41) is 1.28. The number of carbonyl (C=O) groups is 1. The molecular formula is C28H33Cl2NO2. The average molecular weight is 486 g/mol. The van der Waals surface area contributed by atoms with Crippen LogP contribution in [0, 0.1) is 5.41 Å². The summed E-state index contributed by atoms with van der Waals surface area (Å²) in [6.45, 7) is 10.0. The van der Waals surface area contributed by atoms with Gasteiger partial charge in [-0.3, -0.25) is 4.79 Å². The number of benzene rings is 2. The largest absolute Gasteiger partial charge is 0.492 e. The van der Waals surface area contributed by atoms with Crippen LogP contribution in [0.3, 0.4) is 0 Å². The Morgan fingerprint density at radius 1 is 1.09 bits per heavy atom. The van der Waals surface area contributed by atoms with Crippen LogP contribution in [0.2, 0.25) is 10.0 Å². The van der Waals surface area contributed by atoms with Crippen molar-refractivity contribution in [3.63, 3.8) is 0 Å². The molecule has 2 aliphatic heterocycles. The van der Waals surface area contributed by atoms with Gasteiger partial charge in [0.1, 0.15) is 11.5 Å². The molecule has 0 aromatic heterocycles. The molecular weight excluding hydrogens is 453 g/mol. The van der Waals surface area contributed by atoms with Crippen LogP contribution < -0.4 is 4.74 Å². The van der Waals surface area contributed by atoms with Crippen molar-refractivity contribution in [3.8, 4) is 5.75 Å². The number of halogens is 2. The highest BCUT2D eigenvalue weighted by Crippen LogP contribution is 2.46. The van der Waals surface area contributed by atoms with E-state index in [1.165, 1.54) is 5.56 Å². The molecule has 0 radical (unpaired) electrons. The molecule has 0 bridgehead atoms. The first-order valence-corrected chi connectivity index (χ1v) is 12.5. The maximum atomic E-state index is 12.3. The minimum absolute atomic E-state index is 0.0710. The number of ether oxygens (including phenoxy) is 1. The lowest BCUT2D eigenvalue weighted by Gasteiger charge is -2.38. The van der Waals surface area contributed by atoms with Crippen LogP contribution in [0.5, 0.6) is 5.75 Å². The standard InChI is InChI=1S/C28H33Cl2NO2/c1-27(2,3)18-21(32)11-14-31-15-12-28(13-16-31)19-33-26-17-20(8-10-23(26)28)7-9-22-24(29)5-4-6-25(22)30/h4-10,17H,11-16,18-19H2,1-3H3/b9-7+. The van der Waals surface area contributed by atoms with Gasteiger partial charge in [-0.1, -0.05) is 74.3 Å². The van der Waals surface area contributed by atoms with E-state index in [0.717, 1.165) is 56.0 Å². The molecule has 2 heterocycles. The third-order valence-electron chi connectivity index (χ3n) is 6.77. The van der Waals surface area contributed by atoms with Crippen molar-refractivity contribution in [2.75, 3.05) is 26.2 Å². The van der Waals surface area contributed by atoms with Gasteiger partial charge in [-0.2, -0.15) is 0 Å². The molecule has 2 aliphatic rings. The van der Waals surface area contributed by atoms with Gasteiger partial charge in [0, 0.05) is 46.0 Å². The molecule has 4 rings (SSSR count). The lowest BCUT2D eigenvalue weighted by atomic mass is 9.74. The minimum atomic E-state index is 0.0710. The van der Waals surface area contributed by atoms with Gasteiger partial charge in [0.2, 0.25) is 0 Å². The highest BCUT2D eigenvalue weighted by Gasteiger charge is 2.42. The van der Waals surface area contributed by atoms with Gasteiger partial charge in [0.25, 0.3) is 0 Å². The molecule has 2 aromatic carbocycles. The summed E-state index contributed by atoms with van der Waals surface area (Å²) in [7, 11) is 0. The molecule has 0 amide bonds. The topological polar surface area (TPSA) is 29.5 Å². The molecule has 0 atom stereocenters. The number of likely N-dealkylation sites (tertiary alicyclic amines) is 1. The molecule has 0 saturated carbocycles. The summed E-state index contributed by atoms with van der Waals surface area (Å²) in [6.07, 6.45) is 7.43. The third-order valence-corrected chi connectivity index (χ3v) is 7.43. The predicted molar refractivity (Wildman–Crippen MR) is 138 cm³/mol. The second-order valence-corrected chi connectivity index (χ2v) is 11.5. The van der Waals surface area contributed by atoms with Crippen LogP contribution in [0.4, 0.5) is 0 Å². The van der Waals surface area contributed by atoms with Gasteiger partial charge in [0.15, 0.2) is 0 Å². The molecule has 1 saturated heterocycles. The minimum Gasteiger partial charge on any atom is -0.492 e. The first kappa shape index (κ1) is 24.3. The predicted octanol–water partition coefficient (Wildman–Crippen LogP) is 7.29. The van der Waals surface area contributed by atoms with Crippen molar-refractivity contribution >= 4 is 41.1 Å². The Balaban J connectivity index is 1.37. The fraction of sp³-hybridized carbons (Fsp3) is 0.464. The van der Waals surface area contributed by atoms with Crippen molar-refractivity contribution in [1.29, 1.82) is 0 Å². The lowest BCUT2D eigenvalue weighted by Crippen LogP contribution is -2.44. The molecule has 1 fully saturated rings. The van der Waals surface area contributed by atoms with Gasteiger partial charge < -0.3 is 9.64 Å². The summed E-state index contributed by atoms with van der Waals surface area (Å²) < 4.78 is 6.16. The van der Waals surface area contributed by atoms with Gasteiger partial charge >= 0.3 is 0 Å². The van der Waals surface area contributed by atoms with Crippen molar-refractivity contribution in [2.24, 2.45) is 5.41 Å². The molecule has 5 heteroatoms. The maximum Gasteiger partial charge on any atom is 0.134 e. The molecule has 0 unspecified atom stereocenters. The van der Waals surface area contributed by atoms with Crippen LogP contribution in [0.15, 0.2) is 36.4 Å². The Kier molecular flexibility index (Phi) is 7.23. The van der Waals surface area contributed by atoms with Gasteiger partial charge in [-0.25, -0.2) is 0 Å². The van der Waals surface area contributed by atoms with E-state index in [4.69, 9.17) is 27.9 Å². The number of carbonyl (C=O) groups excluding carboxylic acids is 1. The van der Waals surface area contributed by atoms with Crippen LogP contribution >= 0.6 is 23.2 Å². The highest BCUT2D eigenvalue weighted by molar-refractivity contribution is 6.37. The third kappa shape index (κ3) is 5.82. The Labute approximate surface area is 207 Å². The van der Waals surface area contributed by atoms with E-state index in [2.05, 4.69) is 43.9 Å². The van der Waals surface area contributed by atoms with Gasteiger partial charge in [-0.15, -0.1) is 0 Å². The number of ketones is 1. The van der Waals surface area contributed by atoms with Crippen LogP contribution in [-0.4, -0.2) is 36.9 Å². The highest BCUT2D eigenvalue weighted by atomic mass is 35.5. The smallest absolute Gasteiger partial charge is 0.134 e. The van der Waals surface area contributed by atoms with E-state index < -0.39 is 0 Å². The molecule has 0 N–H and O–H groups in total. The lowest BCUT2D eigenvalue weighted by molar-refractivity contribution is -0.121. The fourth-order valence-corrected chi connectivity index (χ4v) is 5.45. The second-order valence-electron chi connectivity index (χ2n) is 10.7. The molecule has 33 heavy (non-hydrogen) atoms. The van der Waals surface area contributed by atoms with E-state index >= 15 is 0 Å². The summed E-state index contributed by atoms with van der Waals surface area (Å²) >= 11 is 12.6. The molecule has 0 aliphatic carbocycles. The van der Waals surface area contributed by atoms with E-state index in [1.54, 1.807) is 0 Å². The van der Waals surface area contributed by atoms with E-state index in [-0.39, 0.29) is 10.8 Å². The number of piperidine rings is 1. The molecule has 176 valence electrons. The van der Waals surface area contributed by atoms with E-state index in [1.807, 2.05) is 30.4 Å². The average Bonchev–Trinajstić information content (AvgIpc) is 3.09. The number of nitrogens with zero attached hydrogens (tertiary/aromatic N) is 1. The summed E-state index contributed by atoms with van der Waals surface area (Å²) in [5.74, 6) is 1.35. The van der Waals surface area contributed by atoms with Crippen LogP contribution in [0.1, 0.15) is 63.1 Å². The molecule has 1 spiro atoms. The monoisotopic (exact) mass is 485 g/mol. The quantitative estimate of drug-likeness (QED) is 0.402. The zero-order chi connectivity index (χ0) is 23.6. The summed E-state index contributed by atoms with van der Waals surface area (Å²) in [5.41, 5.74) is 3.37. The number of fused-ring (bicyclic) bond motifs is 2. The van der Waals surface area contributed by atoms with E-state index in [9.17, 15) is 4.79 Å². The maximum absolute atomic E-state index is 12.3. The first-order chi connectivity index (χ1) is 15.7. The van der Waals surface area contributed by atoms with Crippen molar-refractivity contribution < 1.29 is 9.53 Å². The fourth-order valence-electron chi connectivity index (χ4n) is 4.92. The van der Waals surface area contributed by atoms with Crippen molar-refractivity contribution in [2.45, 2.75) is 51.9 Å². The first-order valence-electron chi connectivity index (χ1n) is 11.8. The number of rotatable bonds is 6.